The molecule has 2 rings (SSSR count). The molecule has 0 spiro atoms. The third kappa shape index (κ3) is 3.72. The highest BCUT2D eigenvalue weighted by Gasteiger charge is 2.44. The zero-order valence-corrected chi connectivity index (χ0v) is 12.7. The number of hydrogen-bond acceptors (Lipinski definition) is 3. The van der Waals surface area contributed by atoms with Crippen LogP contribution < -0.4 is 0 Å². The van der Waals surface area contributed by atoms with Gasteiger partial charge in [-0.1, -0.05) is 19.3 Å². The first kappa shape index (κ1) is 19.1. The van der Waals surface area contributed by atoms with Gasteiger partial charge in [-0.3, -0.25) is 0 Å². The molecule has 0 aromatic carbocycles. The summed E-state index contributed by atoms with van der Waals surface area (Å²) in [6.45, 7) is 0. The Morgan fingerprint density at radius 2 is 1.52 bits per heavy atom. The minimum atomic E-state index is -5.31. The number of carboxylic acids is 2. The van der Waals surface area contributed by atoms with E-state index in [0.29, 0.717) is 12.8 Å². The summed E-state index contributed by atoms with van der Waals surface area (Å²) in [4.78, 5) is 25.7. The average molecular weight is 367 g/mol. The second kappa shape index (κ2) is 6.93. The minimum Gasteiger partial charge on any atom is -0.478 e. The molecule has 25 heavy (non-hydrogen) atoms. The van der Waals surface area contributed by atoms with Crippen LogP contribution in [0.15, 0.2) is 0 Å². The van der Waals surface area contributed by atoms with Crippen LogP contribution in [0.2, 0.25) is 0 Å². The molecule has 10 heteroatoms. The van der Waals surface area contributed by atoms with Gasteiger partial charge in [0, 0.05) is 0 Å². The Hall–Kier alpha value is -2.26. The number of pyridine rings is 1. The van der Waals surface area contributed by atoms with Crippen molar-refractivity contribution in [3.8, 4) is 0 Å². The van der Waals surface area contributed by atoms with Crippen LogP contribution in [0.1, 0.15) is 82.1 Å². The van der Waals surface area contributed by atoms with Crippen LogP contribution in [-0.2, 0) is 6.18 Å². The third-order valence-electron chi connectivity index (χ3n) is 4.18. The van der Waals surface area contributed by atoms with Gasteiger partial charge in [0.15, 0.2) is 5.69 Å². The molecule has 0 saturated heterocycles. The van der Waals surface area contributed by atoms with Gasteiger partial charge in [0.05, 0.1) is 11.1 Å². The lowest BCUT2D eigenvalue weighted by atomic mass is 9.79. The quantitative estimate of drug-likeness (QED) is 0.766. The van der Waals surface area contributed by atoms with E-state index in [2.05, 4.69) is 4.98 Å². The zero-order valence-electron chi connectivity index (χ0n) is 12.7. The van der Waals surface area contributed by atoms with Gasteiger partial charge in [-0.05, 0) is 24.3 Å². The summed E-state index contributed by atoms with van der Waals surface area (Å²) >= 11 is 0. The highest BCUT2D eigenvalue weighted by molar-refractivity contribution is 5.98. The van der Waals surface area contributed by atoms with Crippen molar-refractivity contribution in [1.29, 1.82) is 0 Å². The van der Waals surface area contributed by atoms with Crippen molar-refractivity contribution in [3.63, 3.8) is 0 Å². The van der Waals surface area contributed by atoms with Crippen molar-refractivity contribution in [1.82, 2.24) is 4.98 Å². The molecule has 1 aliphatic rings. The normalized spacial score (nSPS) is 16.2. The van der Waals surface area contributed by atoms with Crippen molar-refractivity contribution in [3.05, 3.63) is 28.1 Å². The molecule has 2 N–H and O–H groups in total. The number of halogens is 5. The number of rotatable bonds is 4. The summed E-state index contributed by atoms with van der Waals surface area (Å²) in [6, 6.07) is 0. The number of aromatic carboxylic acids is 2. The first-order chi connectivity index (χ1) is 11.6. The Morgan fingerprint density at radius 1 is 1.00 bits per heavy atom. The standard InChI is InChI=1S/C15H14F5NO4/c16-12(17)10-8(13(22)23)7(6-4-2-1-3-5-6)9(14(24)25)11(21-10)15(18,19)20/h6,12H,1-5H2,(H,22,23)(H,24,25). The molecule has 138 valence electrons. The molecule has 1 fully saturated rings. The molecule has 1 aromatic heterocycles. The van der Waals surface area contributed by atoms with E-state index in [1.165, 1.54) is 0 Å². The number of carboxylic acid groups (broad SMARTS) is 2. The first-order valence-electron chi connectivity index (χ1n) is 7.45. The van der Waals surface area contributed by atoms with Crippen molar-refractivity contribution in [2.45, 2.75) is 50.6 Å². The fourth-order valence-electron chi connectivity index (χ4n) is 3.23. The molecule has 0 atom stereocenters. The number of alkyl halides is 5. The van der Waals surface area contributed by atoms with Crippen LogP contribution in [0.4, 0.5) is 22.0 Å². The third-order valence-corrected chi connectivity index (χ3v) is 4.18. The van der Waals surface area contributed by atoms with Gasteiger partial charge in [-0.25, -0.2) is 23.4 Å². The Kier molecular flexibility index (Phi) is 5.28. The maximum Gasteiger partial charge on any atom is 0.434 e. The summed E-state index contributed by atoms with van der Waals surface area (Å²) < 4.78 is 66.0. The Bertz CT molecular complexity index is 696. The van der Waals surface area contributed by atoms with Crippen LogP contribution >= 0.6 is 0 Å². The van der Waals surface area contributed by atoms with Crippen LogP contribution in [-0.4, -0.2) is 27.1 Å². The molecular formula is C15H14F5NO4. The molecule has 0 amide bonds. The van der Waals surface area contributed by atoms with Crippen molar-refractivity contribution >= 4 is 11.9 Å². The molecule has 1 saturated carbocycles. The molecule has 0 radical (unpaired) electrons. The minimum absolute atomic E-state index is 0.227. The van der Waals surface area contributed by atoms with Crippen molar-refractivity contribution in [2.75, 3.05) is 0 Å². The molecule has 0 bridgehead atoms. The van der Waals surface area contributed by atoms with E-state index in [1.54, 1.807) is 0 Å². The molecule has 5 nitrogen and oxygen atoms in total. The van der Waals surface area contributed by atoms with Gasteiger partial charge < -0.3 is 10.2 Å². The van der Waals surface area contributed by atoms with E-state index in [4.69, 9.17) is 0 Å². The SMILES string of the molecule is O=C(O)c1c(C(F)F)nc(C(F)(F)F)c(C(=O)O)c1C1CCCCC1. The maximum absolute atomic E-state index is 13.2. The highest BCUT2D eigenvalue weighted by atomic mass is 19.4. The molecule has 0 unspecified atom stereocenters. The van der Waals surface area contributed by atoms with Gasteiger partial charge in [0.1, 0.15) is 5.69 Å². The van der Waals surface area contributed by atoms with E-state index in [9.17, 15) is 41.8 Å². The van der Waals surface area contributed by atoms with Gasteiger partial charge in [0.25, 0.3) is 6.43 Å². The van der Waals surface area contributed by atoms with E-state index in [1.807, 2.05) is 0 Å². The topological polar surface area (TPSA) is 87.5 Å². The summed E-state index contributed by atoms with van der Waals surface area (Å²) in [5.41, 5.74) is -6.71. The first-order valence-corrected chi connectivity index (χ1v) is 7.45. The Balaban J connectivity index is 2.93. The Labute approximate surface area is 138 Å². The lowest BCUT2D eigenvalue weighted by molar-refractivity contribution is -0.142. The predicted octanol–water partition coefficient (Wildman–Crippen LogP) is 4.48. The summed E-state index contributed by atoms with van der Waals surface area (Å²) in [5.74, 6) is -4.81. The second-order valence-electron chi connectivity index (χ2n) is 5.75. The lowest BCUT2D eigenvalue weighted by Gasteiger charge is -2.27. The summed E-state index contributed by atoms with van der Waals surface area (Å²) in [6.07, 6.45) is -6.61. The predicted molar refractivity (Wildman–Crippen MR) is 73.9 cm³/mol. The van der Waals surface area contributed by atoms with Crippen LogP contribution in [0.3, 0.4) is 0 Å². The second-order valence-corrected chi connectivity index (χ2v) is 5.75. The smallest absolute Gasteiger partial charge is 0.434 e. The molecule has 1 aliphatic carbocycles. The highest BCUT2D eigenvalue weighted by Crippen LogP contribution is 2.43. The van der Waals surface area contributed by atoms with Crippen LogP contribution in [0, 0.1) is 0 Å². The lowest BCUT2D eigenvalue weighted by Crippen LogP contribution is -2.25. The van der Waals surface area contributed by atoms with Gasteiger partial charge in [-0.2, -0.15) is 13.2 Å². The van der Waals surface area contributed by atoms with Gasteiger partial charge in [0.2, 0.25) is 0 Å². The van der Waals surface area contributed by atoms with Crippen LogP contribution in [0.25, 0.3) is 0 Å². The number of nitrogens with zero attached hydrogens (tertiary/aromatic N) is 1. The fourth-order valence-corrected chi connectivity index (χ4v) is 3.23. The van der Waals surface area contributed by atoms with Crippen molar-refractivity contribution < 1.29 is 41.8 Å². The van der Waals surface area contributed by atoms with Crippen LogP contribution in [0.5, 0.6) is 0 Å². The van der Waals surface area contributed by atoms with Crippen molar-refractivity contribution in [2.24, 2.45) is 0 Å². The number of aromatic nitrogens is 1. The maximum atomic E-state index is 13.2. The summed E-state index contributed by atoms with van der Waals surface area (Å²) in [5, 5.41) is 18.5. The van der Waals surface area contributed by atoms with E-state index < -0.39 is 58.5 Å². The largest absolute Gasteiger partial charge is 0.478 e. The molecule has 1 aromatic rings. The summed E-state index contributed by atoms with van der Waals surface area (Å²) in [7, 11) is 0. The average Bonchev–Trinajstić information content (AvgIpc) is 2.52. The van der Waals surface area contributed by atoms with E-state index in [-0.39, 0.29) is 12.8 Å². The molecule has 1 heterocycles. The van der Waals surface area contributed by atoms with E-state index >= 15 is 0 Å². The zero-order chi connectivity index (χ0) is 18.9. The molecule has 0 aliphatic heterocycles. The van der Waals surface area contributed by atoms with Gasteiger partial charge in [-0.15, -0.1) is 0 Å². The molecular weight excluding hydrogens is 353 g/mol. The Morgan fingerprint density at radius 3 is 1.92 bits per heavy atom. The monoisotopic (exact) mass is 367 g/mol. The fraction of sp³-hybridized carbons (Fsp3) is 0.533. The van der Waals surface area contributed by atoms with E-state index in [0.717, 1.165) is 6.42 Å². The number of carbonyl (C=O) groups is 2. The number of hydrogen-bond donors (Lipinski definition) is 2. The van der Waals surface area contributed by atoms with Gasteiger partial charge >= 0.3 is 18.1 Å².